The number of hydrogen-bond acceptors (Lipinski definition) is 6. The summed E-state index contributed by atoms with van der Waals surface area (Å²) in [5.41, 5.74) is 2.80. The van der Waals surface area contributed by atoms with E-state index in [-0.39, 0.29) is 5.78 Å². The monoisotopic (exact) mass is 579 g/mol. The first-order chi connectivity index (χ1) is 21.0. The van der Waals surface area contributed by atoms with Crippen LogP contribution in [0.2, 0.25) is 0 Å². The SMILES string of the molecule is COc1ccc(C(=O)CCCC2CCC(CCCc3nc(N(C)C)c4ccccc4n3)CC2)cc1OCc1ccccc1. The van der Waals surface area contributed by atoms with Crippen molar-refractivity contribution in [2.75, 3.05) is 26.1 Å². The van der Waals surface area contributed by atoms with Crippen LogP contribution in [0.4, 0.5) is 5.82 Å². The molecule has 226 valence electrons. The van der Waals surface area contributed by atoms with Gasteiger partial charge in [-0.05, 0) is 60.6 Å². The van der Waals surface area contributed by atoms with Crippen molar-refractivity contribution in [3.8, 4) is 11.5 Å². The van der Waals surface area contributed by atoms with Crippen LogP contribution >= 0.6 is 0 Å². The molecule has 1 aliphatic carbocycles. The molecule has 1 saturated carbocycles. The molecule has 0 bridgehead atoms. The Morgan fingerprint density at radius 2 is 1.53 bits per heavy atom. The second kappa shape index (κ2) is 15.0. The number of benzene rings is 3. The molecule has 0 unspecified atom stereocenters. The maximum atomic E-state index is 13.0. The van der Waals surface area contributed by atoms with E-state index in [4.69, 9.17) is 19.4 Å². The van der Waals surface area contributed by atoms with Gasteiger partial charge in [0, 0.05) is 37.9 Å². The highest BCUT2D eigenvalue weighted by Crippen LogP contribution is 2.35. The van der Waals surface area contributed by atoms with E-state index in [2.05, 4.69) is 17.0 Å². The highest BCUT2D eigenvalue weighted by Gasteiger charge is 2.21. The number of nitrogens with zero attached hydrogens (tertiary/aromatic N) is 3. The average molecular weight is 580 g/mol. The zero-order chi connectivity index (χ0) is 30.0. The van der Waals surface area contributed by atoms with Gasteiger partial charge >= 0.3 is 0 Å². The van der Waals surface area contributed by atoms with Crippen LogP contribution < -0.4 is 14.4 Å². The Bertz CT molecular complexity index is 1480. The van der Waals surface area contributed by atoms with Crippen LogP contribution in [0.5, 0.6) is 11.5 Å². The molecule has 3 aromatic carbocycles. The van der Waals surface area contributed by atoms with Crippen molar-refractivity contribution >= 4 is 22.5 Å². The number of methoxy groups -OCH3 is 1. The zero-order valence-corrected chi connectivity index (χ0v) is 25.9. The van der Waals surface area contributed by atoms with E-state index in [9.17, 15) is 4.79 Å². The summed E-state index contributed by atoms with van der Waals surface area (Å²) in [6, 6.07) is 23.8. The van der Waals surface area contributed by atoms with Crippen LogP contribution in [0.25, 0.3) is 10.9 Å². The van der Waals surface area contributed by atoms with Gasteiger partial charge in [-0.15, -0.1) is 0 Å². The van der Waals surface area contributed by atoms with Gasteiger partial charge in [-0.1, -0.05) is 81.0 Å². The van der Waals surface area contributed by atoms with Gasteiger partial charge in [0.25, 0.3) is 0 Å². The summed E-state index contributed by atoms with van der Waals surface area (Å²) in [7, 11) is 5.72. The summed E-state index contributed by atoms with van der Waals surface area (Å²) in [6.45, 7) is 0.437. The van der Waals surface area contributed by atoms with E-state index in [0.717, 1.165) is 65.6 Å². The average Bonchev–Trinajstić information content (AvgIpc) is 3.04. The Labute approximate surface area is 256 Å². The van der Waals surface area contributed by atoms with Gasteiger partial charge in [0.15, 0.2) is 17.3 Å². The molecular weight excluding hydrogens is 534 g/mol. The van der Waals surface area contributed by atoms with E-state index >= 15 is 0 Å². The maximum absolute atomic E-state index is 13.0. The minimum Gasteiger partial charge on any atom is -0.493 e. The summed E-state index contributed by atoms with van der Waals surface area (Å²) in [5.74, 6) is 4.91. The molecule has 0 saturated heterocycles. The first kappa shape index (κ1) is 30.5. The number of anilines is 1. The molecule has 0 spiro atoms. The standard InChI is InChI=1S/C37H45N3O3/c1-40(2)37-31-15-7-8-16-32(31)38-36(39-37)18-10-14-28-21-19-27(20-22-28)13-9-17-33(41)30-23-24-34(42-3)35(25-30)43-26-29-11-5-4-6-12-29/h4-8,11-12,15-16,23-25,27-28H,9-10,13-14,17-22,26H2,1-3H3. The van der Waals surface area contributed by atoms with Crippen LogP contribution in [0.15, 0.2) is 72.8 Å². The third-order valence-electron chi connectivity index (χ3n) is 8.77. The maximum Gasteiger partial charge on any atom is 0.163 e. The smallest absolute Gasteiger partial charge is 0.163 e. The number of aromatic nitrogens is 2. The van der Waals surface area contributed by atoms with Gasteiger partial charge in [0.1, 0.15) is 18.2 Å². The Balaban J connectivity index is 1.03. The number of ether oxygens (including phenoxy) is 2. The number of Topliss-reactive ketones (excluding diaryl/α,β-unsaturated/α-hetero) is 1. The Morgan fingerprint density at radius 1 is 0.837 bits per heavy atom. The van der Waals surface area contributed by atoms with Gasteiger partial charge in [0.2, 0.25) is 0 Å². The van der Waals surface area contributed by atoms with E-state index in [0.29, 0.717) is 30.1 Å². The summed E-state index contributed by atoms with van der Waals surface area (Å²) >= 11 is 0. The zero-order valence-electron chi connectivity index (χ0n) is 25.9. The molecule has 6 nitrogen and oxygen atoms in total. The highest BCUT2D eigenvalue weighted by atomic mass is 16.5. The van der Waals surface area contributed by atoms with E-state index in [1.165, 1.54) is 32.1 Å². The number of rotatable bonds is 14. The summed E-state index contributed by atoms with van der Waals surface area (Å²) < 4.78 is 11.5. The molecule has 1 fully saturated rings. The lowest BCUT2D eigenvalue weighted by Gasteiger charge is -2.28. The first-order valence-electron chi connectivity index (χ1n) is 15.8. The van der Waals surface area contributed by atoms with Crippen LogP contribution in [0, 0.1) is 11.8 Å². The van der Waals surface area contributed by atoms with E-state index < -0.39 is 0 Å². The molecule has 0 atom stereocenters. The summed E-state index contributed by atoms with van der Waals surface area (Å²) in [5, 5.41) is 1.11. The topological polar surface area (TPSA) is 64.5 Å². The molecule has 0 N–H and O–H groups in total. The van der Waals surface area contributed by atoms with Gasteiger partial charge in [-0.3, -0.25) is 4.79 Å². The van der Waals surface area contributed by atoms with Crippen LogP contribution in [0.1, 0.15) is 79.5 Å². The molecular formula is C37H45N3O3. The van der Waals surface area contributed by atoms with E-state index in [1.807, 2.05) is 74.8 Å². The van der Waals surface area contributed by atoms with Crippen LogP contribution in [0.3, 0.4) is 0 Å². The Morgan fingerprint density at radius 3 is 2.26 bits per heavy atom. The number of carbonyl (C=O) groups excluding carboxylic acids is 1. The van der Waals surface area contributed by atoms with Crippen molar-refractivity contribution in [2.45, 2.75) is 70.8 Å². The van der Waals surface area contributed by atoms with Gasteiger partial charge in [-0.2, -0.15) is 0 Å². The summed E-state index contributed by atoms with van der Waals surface area (Å²) in [6.07, 6.45) is 11.1. The van der Waals surface area contributed by atoms with Crippen LogP contribution in [-0.2, 0) is 13.0 Å². The van der Waals surface area contributed by atoms with Crippen molar-refractivity contribution in [3.05, 3.63) is 89.7 Å². The third kappa shape index (κ3) is 8.34. The highest BCUT2D eigenvalue weighted by molar-refractivity contribution is 5.96. The fourth-order valence-electron chi connectivity index (χ4n) is 6.31. The molecule has 0 aliphatic heterocycles. The van der Waals surface area contributed by atoms with Gasteiger partial charge in [0.05, 0.1) is 12.6 Å². The normalized spacial score (nSPS) is 16.6. The fraction of sp³-hybridized carbons (Fsp3) is 0.432. The minimum absolute atomic E-state index is 0.175. The lowest BCUT2D eigenvalue weighted by molar-refractivity contribution is 0.0975. The number of carbonyl (C=O) groups is 1. The number of ketones is 1. The molecule has 1 aromatic heterocycles. The van der Waals surface area contributed by atoms with Crippen molar-refractivity contribution in [1.82, 2.24) is 9.97 Å². The Hall–Kier alpha value is -3.93. The van der Waals surface area contributed by atoms with Gasteiger partial charge < -0.3 is 14.4 Å². The molecule has 0 amide bonds. The largest absolute Gasteiger partial charge is 0.493 e. The molecule has 5 rings (SSSR count). The second-order valence-electron chi connectivity index (χ2n) is 12.1. The Kier molecular flexibility index (Phi) is 10.6. The molecule has 1 aliphatic rings. The third-order valence-corrected chi connectivity index (χ3v) is 8.77. The van der Waals surface area contributed by atoms with Crippen molar-refractivity contribution in [2.24, 2.45) is 11.8 Å². The predicted octanol–water partition coefficient (Wildman–Crippen LogP) is 8.47. The number of fused-ring (bicyclic) bond motifs is 1. The van der Waals surface area contributed by atoms with Crippen molar-refractivity contribution in [1.29, 1.82) is 0 Å². The minimum atomic E-state index is 0.175. The number of aryl methyl sites for hydroxylation is 1. The fourth-order valence-corrected chi connectivity index (χ4v) is 6.31. The number of hydrogen-bond donors (Lipinski definition) is 0. The molecule has 0 radical (unpaired) electrons. The second-order valence-corrected chi connectivity index (χ2v) is 12.1. The molecule has 4 aromatic rings. The first-order valence-corrected chi connectivity index (χ1v) is 15.8. The van der Waals surface area contributed by atoms with E-state index in [1.54, 1.807) is 7.11 Å². The summed E-state index contributed by atoms with van der Waals surface area (Å²) in [4.78, 5) is 24.8. The van der Waals surface area contributed by atoms with Crippen molar-refractivity contribution in [3.63, 3.8) is 0 Å². The lowest BCUT2D eigenvalue weighted by atomic mass is 9.78. The van der Waals surface area contributed by atoms with Gasteiger partial charge in [-0.25, -0.2) is 9.97 Å². The lowest BCUT2D eigenvalue weighted by Crippen LogP contribution is -2.16. The molecule has 6 heteroatoms. The van der Waals surface area contributed by atoms with Crippen molar-refractivity contribution < 1.29 is 14.3 Å². The number of para-hydroxylation sites is 1. The predicted molar refractivity (Wildman–Crippen MR) is 174 cm³/mol. The molecule has 43 heavy (non-hydrogen) atoms. The quantitative estimate of drug-likeness (QED) is 0.140. The molecule has 1 heterocycles. The van der Waals surface area contributed by atoms with Crippen LogP contribution in [-0.4, -0.2) is 37.0 Å².